The molecule has 0 bridgehead atoms. The molecule has 1 aromatic heterocycles. The Morgan fingerprint density at radius 2 is 2.24 bits per heavy atom. The van der Waals surface area contributed by atoms with Crippen LogP contribution in [-0.2, 0) is 0 Å². The van der Waals surface area contributed by atoms with Crippen molar-refractivity contribution in [2.24, 2.45) is 0 Å². The third-order valence-electron chi connectivity index (χ3n) is 2.52. The Morgan fingerprint density at radius 1 is 1.38 bits per heavy atom. The predicted molar refractivity (Wildman–Crippen MR) is 83.8 cm³/mol. The molecule has 0 radical (unpaired) electrons. The van der Waals surface area contributed by atoms with E-state index in [2.05, 4.69) is 17.2 Å². The first kappa shape index (κ1) is 15.1. The Balaban J connectivity index is 2.07. The first-order valence-electron chi connectivity index (χ1n) is 6.46. The van der Waals surface area contributed by atoms with Gasteiger partial charge in [-0.1, -0.05) is 17.9 Å². The lowest BCUT2D eigenvalue weighted by Gasteiger charge is -2.06. The minimum absolute atomic E-state index is 0.189. The number of benzene rings is 1. The Labute approximate surface area is 127 Å². The molecule has 0 unspecified atom stereocenters. The van der Waals surface area contributed by atoms with Crippen molar-refractivity contribution < 1.29 is 14.6 Å². The average molecular weight is 301 g/mol. The van der Waals surface area contributed by atoms with Gasteiger partial charge in [0.25, 0.3) is 5.91 Å². The van der Waals surface area contributed by atoms with Gasteiger partial charge in [0.2, 0.25) is 0 Å². The van der Waals surface area contributed by atoms with Gasteiger partial charge in [0, 0.05) is 11.8 Å². The minimum Gasteiger partial charge on any atom is -0.494 e. The van der Waals surface area contributed by atoms with Crippen LogP contribution in [-0.4, -0.2) is 24.2 Å². The second kappa shape index (κ2) is 7.48. The number of thiophene rings is 1. The van der Waals surface area contributed by atoms with Gasteiger partial charge in [-0.25, -0.2) is 0 Å². The normalized spacial score (nSPS) is 9.62. The summed E-state index contributed by atoms with van der Waals surface area (Å²) >= 11 is 1.29. The lowest BCUT2D eigenvalue weighted by atomic mass is 10.3. The van der Waals surface area contributed by atoms with E-state index in [-0.39, 0.29) is 12.5 Å². The Bertz CT molecular complexity index is 682. The summed E-state index contributed by atoms with van der Waals surface area (Å²) < 4.78 is 5.39. The number of aliphatic hydroxyl groups excluding tert-OH is 1. The van der Waals surface area contributed by atoms with Gasteiger partial charge in [0.1, 0.15) is 12.4 Å². The quantitative estimate of drug-likeness (QED) is 0.854. The van der Waals surface area contributed by atoms with Crippen molar-refractivity contribution >= 4 is 22.9 Å². The maximum atomic E-state index is 12.1. The SMILES string of the molecule is CCOc1cccc(NC(=O)c2ccc(C#CCO)s2)c1. The molecule has 21 heavy (non-hydrogen) atoms. The molecular weight excluding hydrogens is 286 g/mol. The molecule has 0 saturated heterocycles. The van der Waals surface area contributed by atoms with Gasteiger partial charge in [0.05, 0.1) is 16.4 Å². The van der Waals surface area contributed by atoms with Crippen LogP contribution >= 0.6 is 11.3 Å². The number of nitrogens with one attached hydrogen (secondary N) is 1. The molecule has 2 rings (SSSR count). The van der Waals surface area contributed by atoms with E-state index in [4.69, 9.17) is 9.84 Å². The fourth-order valence-corrected chi connectivity index (χ4v) is 2.45. The van der Waals surface area contributed by atoms with E-state index in [1.807, 2.05) is 19.1 Å². The van der Waals surface area contributed by atoms with Crippen molar-refractivity contribution in [2.75, 3.05) is 18.5 Å². The molecule has 0 aliphatic rings. The number of hydrogen-bond donors (Lipinski definition) is 2. The number of anilines is 1. The summed E-state index contributed by atoms with van der Waals surface area (Å²) in [5.41, 5.74) is 0.683. The van der Waals surface area contributed by atoms with E-state index in [1.165, 1.54) is 11.3 Å². The third kappa shape index (κ3) is 4.35. The molecule has 1 aromatic carbocycles. The summed E-state index contributed by atoms with van der Waals surface area (Å²) in [5, 5.41) is 11.5. The number of ether oxygens (including phenoxy) is 1. The minimum atomic E-state index is -0.191. The van der Waals surface area contributed by atoms with Gasteiger partial charge >= 0.3 is 0 Å². The highest BCUT2D eigenvalue weighted by molar-refractivity contribution is 7.14. The standard InChI is InChI=1S/C16H15NO3S/c1-2-20-13-6-3-5-12(11-13)17-16(19)15-9-8-14(21-15)7-4-10-18/h3,5-6,8-9,11,18H,2,10H2,1H3,(H,17,19). The lowest BCUT2D eigenvalue weighted by Crippen LogP contribution is -2.10. The highest BCUT2D eigenvalue weighted by Gasteiger charge is 2.09. The molecule has 0 saturated carbocycles. The number of rotatable bonds is 4. The van der Waals surface area contributed by atoms with E-state index in [9.17, 15) is 4.79 Å². The van der Waals surface area contributed by atoms with E-state index in [0.29, 0.717) is 17.2 Å². The van der Waals surface area contributed by atoms with Crippen LogP contribution in [0.15, 0.2) is 36.4 Å². The van der Waals surface area contributed by atoms with E-state index in [1.54, 1.807) is 24.3 Å². The third-order valence-corrected chi connectivity index (χ3v) is 3.52. The average Bonchev–Trinajstić information content (AvgIpc) is 2.95. The molecule has 2 aromatic rings. The Hall–Kier alpha value is -2.29. The van der Waals surface area contributed by atoms with Gasteiger partial charge in [0.15, 0.2) is 0 Å². The molecule has 1 heterocycles. The summed E-state index contributed by atoms with van der Waals surface area (Å²) in [4.78, 5) is 13.4. The van der Waals surface area contributed by atoms with Gasteiger partial charge in [-0.05, 0) is 31.2 Å². The largest absolute Gasteiger partial charge is 0.494 e. The Kier molecular flexibility index (Phi) is 5.38. The van der Waals surface area contributed by atoms with Crippen LogP contribution in [0.2, 0.25) is 0 Å². The van der Waals surface area contributed by atoms with Crippen LogP contribution in [0.3, 0.4) is 0 Å². The topological polar surface area (TPSA) is 58.6 Å². The fraction of sp³-hybridized carbons (Fsp3) is 0.188. The van der Waals surface area contributed by atoms with Crippen LogP contribution in [0, 0.1) is 11.8 Å². The molecule has 4 nitrogen and oxygen atoms in total. The monoisotopic (exact) mass is 301 g/mol. The first-order valence-corrected chi connectivity index (χ1v) is 7.28. The van der Waals surface area contributed by atoms with Crippen LogP contribution in [0.5, 0.6) is 5.75 Å². The molecule has 5 heteroatoms. The highest BCUT2D eigenvalue weighted by Crippen LogP contribution is 2.20. The number of hydrogen-bond acceptors (Lipinski definition) is 4. The second-order valence-electron chi connectivity index (χ2n) is 4.04. The zero-order chi connectivity index (χ0) is 15.1. The summed E-state index contributed by atoms with van der Waals surface area (Å²) in [6.45, 7) is 2.30. The number of aliphatic hydroxyl groups is 1. The summed E-state index contributed by atoms with van der Waals surface area (Å²) in [6, 6.07) is 10.7. The summed E-state index contributed by atoms with van der Waals surface area (Å²) in [6.07, 6.45) is 0. The Morgan fingerprint density at radius 3 is 3.00 bits per heavy atom. The molecule has 0 fully saturated rings. The molecule has 0 atom stereocenters. The van der Waals surface area contributed by atoms with Gasteiger partial charge in [-0.2, -0.15) is 0 Å². The van der Waals surface area contributed by atoms with E-state index >= 15 is 0 Å². The van der Waals surface area contributed by atoms with Gasteiger partial charge in [-0.15, -0.1) is 11.3 Å². The smallest absolute Gasteiger partial charge is 0.265 e. The van der Waals surface area contributed by atoms with Crippen LogP contribution in [0.1, 0.15) is 21.5 Å². The zero-order valence-corrected chi connectivity index (χ0v) is 12.4. The van der Waals surface area contributed by atoms with Gasteiger partial charge in [-0.3, -0.25) is 4.79 Å². The van der Waals surface area contributed by atoms with Crippen molar-refractivity contribution in [1.82, 2.24) is 0 Å². The maximum absolute atomic E-state index is 12.1. The van der Waals surface area contributed by atoms with Crippen LogP contribution < -0.4 is 10.1 Å². The van der Waals surface area contributed by atoms with Crippen molar-refractivity contribution in [1.29, 1.82) is 0 Å². The van der Waals surface area contributed by atoms with Crippen molar-refractivity contribution in [3.8, 4) is 17.6 Å². The molecule has 108 valence electrons. The summed E-state index contributed by atoms with van der Waals surface area (Å²) in [7, 11) is 0. The maximum Gasteiger partial charge on any atom is 0.265 e. The van der Waals surface area contributed by atoms with E-state index in [0.717, 1.165) is 10.6 Å². The first-order chi connectivity index (χ1) is 10.2. The molecule has 0 aliphatic heterocycles. The molecule has 0 spiro atoms. The molecule has 2 N–H and O–H groups in total. The van der Waals surface area contributed by atoms with E-state index < -0.39 is 0 Å². The lowest BCUT2D eigenvalue weighted by molar-refractivity contribution is 0.103. The zero-order valence-electron chi connectivity index (χ0n) is 11.6. The van der Waals surface area contributed by atoms with Crippen molar-refractivity contribution in [2.45, 2.75) is 6.92 Å². The molecule has 1 amide bonds. The van der Waals surface area contributed by atoms with Crippen LogP contribution in [0.25, 0.3) is 0 Å². The second-order valence-corrected chi connectivity index (χ2v) is 5.12. The molecule has 0 aliphatic carbocycles. The van der Waals surface area contributed by atoms with Gasteiger partial charge < -0.3 is 15.2 Å². The highest BCUT2D eigenvalue weighted by atomic mass is 32.1. The molecular formula is C16H15NO3S. The number of carbonyl (C=O) groups excluding carboxylic acids is 1. The van der Waals surface area contributed by atoms with Crippen LogP contribution in [0.4, 0.5) is 5.69 Å². The van der Waals surface area contributed by atoms with Crippen molar-refractivity contribution in [3.05, 3.63) is 46.2 Å². The van der Waals surface area contributed by atoms with Crippen molar-refractivity contribution in [3.63, 3.8) is 0 Å². The fourth-order valence-electron chi connectivity index (χ4n) is 1.68. The predicted octanol–water partition coefficient (Wildman–Crippen LogP) is 2.74. The number of carbonyl (C=O) groups is 1. The number of amides is 1. The summed E-state index contributed by atoms with van der Waals surface area (Å²) in [5.74, 6) is 5.86.